The monoisotopic (exact) mass is 170 g/mol. The number of carbonyl (C=O) groups excluding carboxylic acids is 2. The fourth-order valence-electron chi connectivity index (χ4n) is 2.04. The SMILES string of the molecule is COC(=O)[C@@]1(C)[C@@H]2C(=O)OC[C@@H]21. The number of ether oxygens (including phenoxy) is 2. The number of rotatable bonds is 1. The molecule has 4 nitrogen and oxygen atoms in total. The standard InChI is InChI=1S/C8H10O4/c1-8(7(10)11-2)4-3-12-6(9)5(4)8/h4-5H,3H2,1-2H3/t4-,5-,8+/m0/s1. The van der Waals surface area contributed by atoms with Gasteiger partial charge in [0.1, 0.15) is 0 Å². The fraction of sp³-hybridized carbons (Fsp3) is 0.750. The van der Waals surface area contributed by atoms with Crippen LogP contribution in [0.3, 0.4) is 0 Å². The van der Waals surface area contributed by atoms with Gasteiger partial charge in [-0.25, -0.2) is 0 Å². The van der Waals surface area contributed by atoms with Crippen molar-refractivity contribution in [3.63, 3.8) is 0 Å². The van der Waals surface area contributed by atoms with Crippen LogP contribution in [0.1, 0.15) is 6.92 Å². The lowest BCUT2D eigenvalue weighted by molar-refractivity contribution is -0.155. The summed E-state index contributed by atoms with van der Waals surface area (Å²) in [6.07, 6.45) is 0. The van der Waals surface area contributed by atoms with Gasteiger partial charge in [0.15, 0.2) is 0 Å². The van der Waals surface area contributed by atoms with E-state index in [4.69, 9.17) is 4.74 Å². The second kappa shape index (κ2) is 2.00. The molecule has 2 rings (SSSR count). The lowest BCUT2D eigenvalue weighted by Gasteiger charge is -2.11. The Labute approximate surface area is 69.8 Å². The Hall–Kier alpha value is -1.06. The number of methoxy groups -OCH3 is 1. The van der Waals surface area contributed by atoms with Crippen LogP contribution in [0.2, 0.25) is 0 Å². The van der Waals surface area contributed by atoms with Gasteiger partial charge in [0.2, 0.25) is 0 Å². The van der Waals surface area contributed by atoms with Gasteiger partial charge in [-0.1, -0.05) is 0 Å². The molecule has 1 aliphatic carbocycles. The zero-order valence-electron chi connectivity index (χ0n) is 6.99. The maximum atomic E-state index is 11.2. The molecule has 0 bridgehead atoms. The lowest BCUT2D eigenvalue weighted by atomic mass is 10.1. The summed E-state index contributed by atoms with van der Waals surface area (Å²) in [6, 6.07) is 0. The summed E-state index contributed by atoms with van der Waals surface area (Å²) in [4.78, 5) is 22.2. The summed E-state index contributed by atoms with van der Waals surface area (Å²) in [5, 5.41) is 0. The highest BCUT2D eigenvalue weighted by Crippen LogP contribution is 2.62. The number of carbonyl (C=O) groups is 2. The van der Waals surface area contributed by atoms with Crippen molar-refractivity contribution >= 4 is 11.9 Å². The van der Waals surface area contributed by atoms with E-state index in [-0.39, 0.29) is 23.8 Å². The first kappa shape index (κ1) is 7.58. The molecule has 0 aromatic rings. The Morgan fingerprint density at radius 1 is 1.75 bits per heavy atom. The molecule has 66 valence electrons. The molecule has 0 N–H and O–H groups in total. The topological polar surface area (TPSA) is 52.6 Å². The Balaban J connectivity index is 2.19. The Bertz CT molecular complexity index is 260. The third kappa shape index (κ3) is 0.629. The van der Waals surface area contributed by atoms with Crippen LogP contribution >= 0.6 is 0 Å². The zero-order valence-corrected chi connectivity index (χ0v) is 6.99. The minimum Gasteiger partial charge on any atom is -0.469 e. The highest BCUT2D eigenvalue weighted by atomic mass is 16.5. The molecule has 0 aromatic heterocycles. The van der Waals surface area contributed by atoms with Gasteiger partial charge >= 0.3 is 11.9 Å². The van der Waals surface area contributed by atoms with Crippen LogP contribution in [0.4, 0.5) is 0 Å². The van der Waals surface area contributed by atoms with Gasteiger partial charge in [-0.15, -0.1) is 0 Å². The third-order valence-corrected chi connectivity index (χ3v) is 2.99. The summed E-state index contributed by atoms with van der Waals surface area (Å²) in [5.74, 6) is -0.746. The van der Waals surface area contributed by atoms with Crippen LogP contribution in [0, 0.1) is 17.3 Å². The van der Waals surface area contributed by atoms with Crippen molar-refractivity contribution in [3.8, 4) is 0 Å². The number of hydrogen-bond donors (Lipinski definition) is 0. The molecule has 0 spiro atoms. The molecule has 4 heteroatoms. The van der Waals surface area contributed by atoms with E-state index in [1.165, 1.54) is 7.11 Å². The number of hydrogen-bond acceptors (Lipinski definition) is 4. The number of cyclic esters (lactones) is 1. The second-order valence-corrected chi connectivity index (χ2v) is 3.49. The molecule has 0 unspecified atom stereocenters. The quantitative estimate of drug-likeness (QED) is 0.518. The molecule has 3 atom stereocenters. The van der Waals surface area contributed by atoms with Crippen LogP contribution in [0.25, 0.3) is 0 Å². The van der Waals surface area contributed by atoms with Crippen LogP contribution in [-0.4, -0.2) is 25.7 Å². The van der Waals surface area contributed by atoms with Gasteiger partial charge in [-0.2, -0.15) is 0 Å². The van der Waals surface area contributed by atoms with Crippen molar-refractivity contribution in [2.75, 3.05) is 13.7 Å². The maximum absolute atomic E-state index is 11.2. The van der Waals surface area contributed by atoms with E-state index >= 15 is 0 Å². The van der Waals surface area contributed by atoms with Crippen LogP contribution in [0.15, 0.2) is 0 Å². The molecule has 1 saturated heterocycles. The molecule has 1 saturated carbocycles. The second-order valence-electron chi connectivity index (χ2n) is 3.49. The molecular formula is C8H10O4. The van der Waals surface area contributed by atoms with Crippen LogP contribution in [0.5, 0.6) is 0 Å². The predicted octanol–water partition coefficient (Wildman–Crippen LogP) is -0.0315. The highest BCUT2D eigenvalue weighted by molar-refractivity contribution is 5.93. The minimum absolute atomic E-state index is 0.0532. The number of fused-ring (bicyclic) bond motifs is 1. The molecule has 2 fully saturated rings. The van der Waals surface area contributed by atoms with Gasteiger partial charge in [0.25, 0.3) is 0 Å². The lowest BCUT2D eigenvalue weighted by Crippen LogP contribution is -2.24. The van der Waals surface area contributed by atoms with Gasteiger partial charge in [-0.3, -0.25) is 9.59 Å². The summed E-state index contributed by atoms with van der Waals surface area (Å²) >= 11 is 0. The minimum atomic E-state index is -0.593. The average molecular weight is 170 g/mol. The van der Waals surface area contributed by atoms with E-state index in [0.29, 0.717) is 6.61 Å². The smallest absolute Gasteiger partial charge is 0.312 e. The van der Waals surface area contributed by atoms with E-state index in [9.17, 15) is 9.59 Å². The summed E-state index contributed by atoms with van der Waals surface area (Å²) in [5.41, 5.74) is -0.593. The Kier molecular flexibility index (Phi) is 1.26. The Morgan fingerprint density at radius 2 is 2.42 bits per heavy atom. The van der Waals surface area contributed by atoms with E-state index < -0.39 is 5.41 Å². The van der Waals surface area contributed by atoms with E-state index in [1.54, 1.807) is 6.92 Å². The molecule has 0 amide bonds. The van der Waals surface area contributed by atoms with Gasteiger partial charge < -0.3 is 9.47 Å². The largest absolute Gasteiger partial charge is 0.469 e. The van der Waals surface area contributed by atoms with Crippen LogP contribution < -0.4 is 0 Å². The van der Waals surface area contributed by atoms with E-state index in [0.717, 1.165) is 0 Å². The molecule has 0 radical (unpaired) electrons. The molecule has 1 heterocycles. The van der Waals surface area contributed by atoms with Crippen molar-refractivity contribution in [1.82, 2.24) is 0 Å². The van der Waals surface area contributed by atoms with Crippen molar-refractivity contribution in [2.45, 2.75) is 6.92 Å². The molecule has 1 aliphatic heterocycles. The summed E-state index contributed by atoms with van der Waals surface area (Å²) < 4.78 is 9.37. The predicted molar refractivity (Wildman–Crippen MR) is 38.1 cm³/mol. The normalized spacial score (nSPS) is 43.3. The van der Waals surface area contributed by atoms with Gasteiger partial charge in [-0.05, 0) is 6.92 Å². The van der Waals surface area contributed by atoms with Gasteiger partial charge in [0.05, 0.1) is 25.0 Å². The van der Waals surface area contributed by atoms with E-state index in [2.05, 4.69) is 4.74 Å². The average Bonchev–Trinajstić information content (AvgIpc) is 2.44. The molecule has 2 aliphatic rings. The number of esters is 2. The van der Waals surface area contributed by atoms with Crippen molar-refractivity contribution in [2.24, 2.45) is 17.3 Å². The maximum Gasteiger partial charge on any atom is 0.312 e. The van der Waals surface area contributed by atoms with E-state index in [1.807, 2.05) is 0 Å². The molecule has 0 aromatic carbocycles. The van der Waals surface area contributed by atoms with Crippen molar-refractivity contribution < 1.29 is 19.1 Å². The summed E-state index contributed by atoms with van der Waals surface area (Å²) in [7, 11) is 1.34. The van der Waals surface area contributed by atoms with Crippen molar-refractivity contribution in [3.05, 3.63) is 0 Å². The molecular weight excluding hydrogens is 160 g/mol. The van der Waals surface area contributed by atoms with Crippen molar-refractivity contribution in [1.29, 1.82) is 0 Å². The Morgan fingerprint density at radius 3 is 2.83 bits per heavy atom. The van der Waals surface area contributed by atoms with Crippen LogP contribution in [-0.2, 0) is 19.1 Å². The molecule has 12 heavy (non-hydrogen) atoms. The summed E-state index contributed by atoms with van der Waals surface area (Å²) in [6.45, 7) is 2.13. The zero-order chi connectivity index (χ0) is 8.93. The first-order valence-electron chi connectivity index (χ1n) is 3.87. The first-order chi connectivity index (χ1) is 5.62. The third-order valence-electron chi connectivity index (χ3n) is 2.99. The highest BCUT2D eigenvalue weighted by Gasteiger charge is 2.74. The first-order valence-corrected chi connectivity index (χ1v) is 3.87. The fourth-order valence-corrected chi connectivity index (χ4v) is 2.04. The van der Waals surface area contributed by atoms with Gasteiger partial charge in [0, 0.05) is 5.92 Å².